The minimum absolute atomic E-state index is 0. The maximum atomic E-state index is 4.95. The first-order valence-electron chi connectivity index (χ1n) is 2.46. The van der Waals surface area contributed by atoms with Gasteiger partial charge in [-0.05, 0) is 6.26 Å². The molecule has 0 amide bonds. The first kappa shape index (κ1) is 10.4. The van der Waals surface area contributed by atoms with Crippen molar-refractivity contribution in [1.82, 2.24) is 0 Å². The number of rotatable bonds is 2. The van der Waals surface area contributed by atoms with Gasteiger partial charge in [0, 0.05) is 0 Å². The summed E-state index contributed by atoms with van der Waals surface area (Å²) in [6.07, 6.45) is 2.04. The molecular formula is C6H7LiOS2. The van der Waals surface area contributed by atoms with E-state index in [9.17, 15) is 0 Å². The Morgan fingerprint density at radius 3 is 2.70 bits per heavy atom. The Labute approximate surface area is 81.3 Å². The van der Waals surface area contributed by atoms with Crippen LogP contribution in [0.3, 0.4) is 0 Å². The van der Waals surface area contributed by atoms with Crippen LogP contribution in [0.1, 0.15) is 0 Å². The van der Waals surface area contributed by atoms with E-state index in [0.717, 1.165) is 5.06 Å². The van der Waals surface area contributed by atoms with Crippen molar-refractivity contribution in [2.24, 2.45) is 0 Å². The zero-order chi connectivity index (χ0) is 6.69. The van der Waals surface area contributed by atoms with Crippen molar-refractivity contribution >= 4 is 23.1 Å². The molecule has 0 radical (unpaired) electrons. The molecule has 1 aromatic heterocycles. The van der Waals surface area contributed by atoms with E-state index in [0.29, 0.717) is 0 Å². The number of thioether (sulfide) groups is 1. The van der Waals surface area contributed by atoms with Crippen LogP contribution in [0.2, 0.25) is 0 Å². The third-order valence-corrected chi connectivity index (χ3v) is 2.95. The molecule has 0 spiro atoms. The van der Waals surface area contributed by atoms with E-state index >= 15 is 0 Å². The molecule has 0 aliphatic carbocycles. The molecule has 4 heteroatoms. The quantitative estimate of drug-likeness (QED) is 0.326. The predicted molar refractivity (Wildman–Crippen MR) is 41.5 cm³/mol. The van der Waals surface area contributed by atoms with Crippen LogP contribution in [0.15, 0.2) is 10.3 Å². The number of hydrogen-bond donors (Lipinski definition) is 0. The molecule has 0 saturated heterocycles. The third kappa shape index (κ3) is 2.59. The van der Waals surface area contributed by atoms with E-state index in [2.05, 4.69) is 6.07 Å². The Hall–Kier alpha value is 0.447. The first-order valence-corrected chi connectivity index (χ1v) is 4.50. The number of thiophene rings is 1. The van der Waals surface area contributed by atoms with E-state index in [1.54, 1.807) is 30.2 Å². The average Bonchev–Trinajstić information content (AvgIpc) is 2.34. The molecule has 0 aliphatic rings. The van der Waals surface area contributed by atoms with Crippen LogP contribution < -0.4 is 23.6 Å². The minimum Gasteiger partial charge on any atom is -0.508 e. The summed E-state index contributed by atoms with van der Waals surface area (Å²) >= 11 is 3.33. The van der Waals surface area contributed by atoms with Crippen LogP contribution in [0.4, 0.5) is 0 Å². The maximum absolute atomic E-state index is 4.95. The number of methoxy groups -OCH3 is 1. The van der Waals surface area contributed by atoms with Gasteiger partial charge in [0.15, 0.2) is 0 Å². The zero-order valence-corrected chi connectivity index (χ0v) is 7.94. The average molecular weight is 166 g/mol. The minimum atomic E-state index is 0. The molecule has 0 unspecified atom stereocenters. The standard InChI is InChI=1S/C6H7OS2.Li/c1-7-5-3-4-6(8-2)9-5;/h4H,1-2H3;/q-1;+1. The second kappa shape index (κ2) is 5.14. The number of ether oxygens (including phenoxy) is 1. The van der Waals surface area contributed by atoms with Gasteiger partial charge in [-0.25, -0.2) is 29.2 Å². The number of hydrogen-bond acceptors (Lipinski definition) is 3. The molecule has 50 valence electrons. The fourth-order valence-corrected chi connectivity index (χ4v) is 1.71. The summed E-state index contributed by atoms with van der Waals surface area (Å²) in [5.74, 6) is 0. The van der Waals surface area contributed by atoms with Gasteiger partial charge in [-0.3, -0.25) is 0 Å². The van der Waals surface area contributed by atoms with Crippen LogP contribution in [0.5, 0.6) is 5.06 Å². The van der Waals surface area contributed by atoms with Crippen LogP contribution in [0.25, 0.3) is 0 Å². The van der Waals surface area contributed by atoms with Crippen molar-refractivity contribution in [3.05, 3.63) is 12.1 Å². The Balaban J connectivity index is 0.000000810. The predicted octanol–water partition coefficient (Wildman–Crippen LogP) is -0.717. The van der Waals surface area contributed by atoms with Crippen molar-refractivity contribution in [2.75, 3.05) is 13.4 Å². The van der Waals surface area contributed by atoms with Gasteiger partial charge in [0.05, 0.1) is 12.2 Å². The summed E-state index contributed by atoms with van der Waals surface area (Å²) in [7, 11) is 1.66. The Morgan fingerprint density at radius 1 is 1.70 bits per heavy atom. The molecule has 0 aliphatic heterocycles. The van der Waals surface area contributed by atoms with Gasteiger partial charge in [-0.1, -0.05) is 4.21 Å². The van der Waals surface area contributed by atoms with E-state index in [1.165, 1.54) is 4.21 Å². The molecule has 1 rings (SSSR count). The molecule has 1 heterocycles. The molecule has 10 heavy (non-hydrogen) atoms. The van der Waals surface area contributed by atoms with Gasteiger partial charge >= 0.3 is 18.9 Å². The largest absolute Gasteiger partial charge is 1.00 e. The molecule has 0 aromatic carbocycles. The van der Waals surface area contributed by atoms with Gasteiger partial charge in [0.1, 0.15) is 0 Å². The molecule has 0 fully saturated rings. The molecule has 0 saturated carbocycles. The first-order chi connectivity index (χ1) is 4.36. The molecule has 1 aromatic rings. The fraction of sp³-hybridized carbons (Fsp3) is 0.333. The molecular weight excluding hydrogens is 159 g/mol. The van der Waals surface area contributed by atoms with E-state index in [4.69, 9.17) is 4.74 Å². The molecule has 0 atom stereocenters. The summed E-state index contributed by atoms with van der Waals surface area (Å²) < 4.78 is 6.19. The Bertz CT molecular complexity index is 169. The van der Waals surface area contributed by atoms with Crippen molar-refractivity contribution < 1.29 is 23.6 Å². The summed E-state index contributed by atoms with van der Waals surface area (Å²) in [5.41, 5.74) is 0. The second-order valence-corrected chi connectivity index (χ2v) is 3.53. The van der Waals surface area contributed by atoms with Crippen LogP contribution >= 0.6 is 23.1 Å². The second-order valence-electron chi connectivity index (χ2n) is 1.41. The Kier molecular flexibility index (Phi) is 5.37. The van der Waals surface area contributed by atoms with Gasteiger partial charge in [-0.15, -0.1) is 0 Å². The van der Waals surface area contributed by atoms with E-state index < -0.39 is 0 Å². The van der Waals surface area contributed by atoms with Crippen molar-refractivity contribution in [3.8, 4) is 5.06 Å². The summed E-state index contributed by atoms with van der Waals surface area (Å²) in [5, 5.41) is 0.861. The third-order valence-electron chi connectivity index (χ3n) is 0.888. The van der Waals surface area contributed by atoms with Crippen molar-refractivity contribution in [2.45, 2.75) is 4.21 Å². The topological polar surface area (TPSA) is 9.23 Å². The summed E-state index contributed by atoms with van der Waals surface area (Å²) in [4.78, 5) is 0. The normalized spacial score (nSPS) is 8.60. The van der Waals surface area contributed by atoms with Gasteiger partial charge in [0.25, 0.3) is 0 Å². The SMILES string of the molecule is COc1[c-]cc(SC)s1.[Li+]. The van der Waals surface area contributed by atoms with E-state index in [-0.39, 0.29) is 18.9 Å². The summed E-state index contributed by atoms with van der Waals surface area (Å²) in [6, 6.07) is 4.92. The fourth-order valence-electron chi connectivity index (χ4n) is 0.469. The monoisotopic (exact) mass is 166 g/mol. The smallest absolute Gasteiger partial charge is 0.508 e. The molecule has 0 bridgehead atoms. The van der Waals surface area contributed by atoms with Crippen LogP contribution in [-0.2, 0) is 0 Å². The summed E-state index contributed by atoms with van der Waals surface area (Å²) in [6.45, 7) is 0. The van der Waals surface area contributed by atoms with Crippen molar-refractivity contribution in [3.63, 3.8) is 0 Å². The Morgan fingerprint density at radius 2 is 2.40 bits per heavy atom. The molecule has 1 nitrogen and oxygen atoms in total. The van der Waals surface area contributed by atoms with Gasteiger partial charge in [0.2, 0.25) is 0 Å². The molecule has 0 N–H and O–H groups in total. The zero-order valence-electron chi connectivity index (χ0n) is 6.30. The van der Waals surface area contributed by atoms with Crippen LogP contribution in [-0.4, -0.2) is 13.4 Å². The van der Waals surface area contributed by atoms with Gasteiger partial charge < -0.3 is 4.74 Å². The van der Waals surface area contributed by atoms with E-state index in [1.807, 2.05) is 12.3 Å². The maximum Gasteiger partial charge on any atom is 1.00 e. The van der Waals surface area contributed by atoms with Crippen molar-refractivity contribution in [1.29, 1.82) is 0 Å². The van der Waals surface area contributed by atoms with Gasteiger partial charge in [-0.2, -0.15) is 6.07 Å². The van der Waals surface area contributed by atoms with Crippen LogP contribution in [0, 0.1) is 6.07 Å².